The van der Waals surface area contributed by atoms with Crippen LogP contribution in [0, 0.1) is 0 Å². The number of rotatable bonds is 5. The molecule has 0 aliphatic rings. The van der Waals surface area contributed by atoms with E-state index in [1.54, 1.807) is 25.3 Å². The van der Waals surface area contributed by atoms with Crippen molar-refractivity contribution in [3.63, 3.8) is 0 Å². The summed E-state index contributed by atoms with van der Waals surface area (Å²) in [7, 11) is 0. The molecule has 0 saturated heterocycles. The number of pyridine rings is 1. The molecule has 1 N–H and O–H groups in total. The molecule has 2 rings (SSSR count). The Morgan fingerprint density at radius 2 is 1.95 bits per heavy atom. The van der Waals surface area contributed by atoms with E-state index in [1.807, 2.05) is 30.3 Å². The first-order chi connectivity index (χ1) is 9.70. The zero-order chi connectivity index (χ0) is 14.4. The molecule has 1 heterocycles. The Hall–Kier alpha value is -2.56. The molecule has 0 aliphatic carbocycles. The lowest BCUT2D eigenvalue weighted by molar-refractivity contribution is -0.143. The van der Waals surface area contributed by atoms with E-state index in [2.05, 4.69) is 5.32 Å². The second kappa shape index (κ2) is 6.56. The smallest absolute Gasteiger partial charge is 0.326 e. The number of esters is 1. The molecular formula is C15H16N2O3. The summed E-state index contributed by atoms with van der Waals surface area (Å²) in [6, 6.07) is 12.8. The highest BCUT2D eigenvalue weighted by atomic mass is 16.5. The largest absolute Gasteiger partial charge is 0.465 e. The van der Waals surface area contributed by atoms with Gasteiger partial charge in [-0.15, -0.1) is 0 Å². The maximum Gasteiger partial charge on any atom is 0.326 e. The van der Waals surface area contributed by atoms with E-state index in [0.29, 0.717) is 12.3 Å². The summed E-state index contributed by atoms with van der Waals surface area (Å²) in [5.74, 6) is -0.425. The van der Waals surface area contributed by atoms with Gasteiger partial charge in [0.25, 0.3) is 5.56 Å². The summed E-state index contributed by atoms with van der Waals surface area (Å²) in [5, 5.41) is 3.03. The van der Waals surface area contributed by atoms with Gasteiger partial charge in [-0.3, -0.25) is 9.59 Å². The summed E-state index contributed by atoms with van der Waals surface area (Å²) in [4.78, 5) is 23.6. The third-order valence-electron chi connectivity index (χ3n) is 2.68. The number of ether oxygens (including phenoxy) is 1. The van der Waals surface area contributed by atoms with E-state index in [9.17, 15) is 9.59 Å². The van der Waals surface area contributed by atoms with Crippen LogP contribution in [0.5, 0.6) is 0 Å². The number of nitrogens with one attached hydrogen (secondary N) is 1. The number of benzene rings is 1. The van der Waals surface area contributed by atoms with Crippen LogP contribution in [0.3, 0.4) is 0 Å². The van der Waals surface area contributed by atoms with E-state index >= 15 is 0 Å². The van der Waals surface area contributed by atoms with E-state index in [-0.39, 0.29) is 12.1 Å². The second-order valence-corrected chi connectivity index (χ2v) is 4.15. The van der Waals surface area contributed by atoms with Gasteiger partial charge in [-0.25, -0.2) is 0 Å². The van der Waals surface area contributed by atoms with Gasteiger partial charge in [-0.05, 0) is 31.2 Å². The minimum absolute atomic E-state index is 0.0863. The Morgan fingerprint density at radius 3 is 2.65 bits per heavy atom. The molecule has 5 nitrogen and oxygen atoms in total. The van der Waals surface area contributed by atoms with Crippen molar-refractivity contribution in [3.8, 4) is 0 Å². The molecule has 0 fully saturated rings. The molecule has 1 aromatic heterocycles. The Bertz CT molecular complexity index is 635. The van der Waals surface area contributed by atoms with Gasteiger partial charge >= 0.3 is 5.97 Å². The molecule has 0 atom stereocenters. The van der Waals surface area contributed by atoms with Crippen molar-refractivity contribution in [2.45, 2.75) is 13.5 Å². The molecule has 0 amide bonds. The van der Waals surface area contributed by atoms with E-state index in [0.717, 1.165) is 5.69 Å². The quantitative estimate of drug-likeness (QED) is 0.847. The predicted molar refractivity (Wildman–Crippen MR) is 77.1 cm³/mol. The maximum absolute atomic E-state index is 12.2. The maximum atomic E-state index is 12.2. The SMILES string of the molecule is CCOC(=O)Cn1cccc(Nc2ccccc2)c1=O. The summed E-state index contributed by atoms with van der Waals surface area (Å²) < 4.78 is 6.16. The topological polar surface area (TPSA) is 60.3 Å². The lowest BCUT2D eigenvalue weighted by Crippen LogP contribution is -2.26. The van der Waals surface area contributed by atoms with Crippen LogP contribution >= 0.6 is 0 Å². The fourth-order valence-electron chi connectivity index (χ4n) is 1.78. The van der Waals surface area contributed by atoms with Crippen LogP contribution in [-0.2, 0) is 16.1 Å². The van der Waals surface area contributed by atoms with Crippen molar-refractivity contribution in [1.29, 1.82) is 0 Å². The van der Waals surface area contributed by atoms with E-state index < -0.39 is 5.97 Å². The molecule has 0 unspecified atom stereocenters. The number of anilines is 2. The zero-order valence-electron chi connectivity index (χ0n) is 11.2. The summed E-state index contributed by atoms with van der Waals surface area (Å²) in [5.41, 5.74) is 0.978. The third-order valence-corrected chi connectivity index (χ3v) is 2.68. The van der Waals surface area contributed by atoms with Gasteiger partial charge in [0.15, 0.2) is 0 Å². The molecule has 2 aromatic rings. The highest BCUT2D eigenvalue weighted by molar-refractivity contribution is 5.69. The number of aromatic nitrogens is 1. The Labute approximate surface area is 116 Å². The predicted octanol–water partition coefficient (Wildman–Crippen LogP) is 2.16. The summed E-state index contributed by atoms with van der Waals surface area (Å²) in [6.45, 7) is 1.95. The average molecular weight is 272 g/mol. The van der Waals surface area contributed by atoms with Crippen molar-refractivity contribution in [3.05, 3.63) is 59.0 Å². The average Bonchev–Trinajstić information content (AvgIpc) is 2.45. The van der Waals surface area contributed by atoms with Gasteiger partial charge < -0.3 is 14.6 Å². The molecule has 0 radical (unpaired) electrons. The molecule has 20 heavy (non-hydrogen) atoms. The third kappa shape index (κ3) is 3.47. The highest BCUT2D eigenvalue weighted by Crippen LogP contribution is 2.11. The standard InChI is InChI=1S/C15H16N2O3/c1-2-20-14(18)11-17-10-6-9-13(15(17)19)16-12-7-4-3-5-8-12/h3-10,16H,2,11H2,1H3. The number of hydrogen-bond acceptors (Lipinski definition) is 4. The van der Waals surface area contributed by atoms with Crippen LogP contribution in [0.25, 0.3) is 0 Å². The summed E-state index contributed by atoms with van der Waals surface area (Å²) in [6.07, 6.45) is 1.56. The number of para-hydroxylation sites is 1. The first-order valence-corrected chi connectivity index (χ1v) is 6.38. The molecule has 0 saturated carbocycles. The van der Waals surface area contributed by atoms with Gasteiger partial charge in [0.05, 0.1) is 6.61 Å². The van der Waals surface area contributed by atoms with Crippen molar-refractivity contribution < 1.29 is 9.53 Å². The molecule has 0 bridgehead atoms. The molecule has 0 spiro atoms. The molecule has 0 aliphatic heterocycles. The lowest BCUT2D eigenvalue weighted by atomic mass is 10.3. The van der Waals surface area contributed by atoms with Crippen LogP contribution in [0.1, 0.15) is 6.92 Å². The second-order valence-electron chi connectivity index (χ2n) is 4.15. The summed E-state index contributed by atoms with van der Waals surface area (Å²) >= 11 is 0. The first-order valence-electron chi connectivity index (χ1n) is 6.38. The van der Waals surface area contributed by atoms with Crippen molar-refractivity contribution in [1.82, 2.24) is 4.57 Å². The fourth-order valence-corrected chi connectivity index (χ4v) is 1.78. The van der Waals surface area contributed by atoms with Gasteiger partial charge in [0.2, 0.25) is 0 Å². The van der Waals surface area contributed by atoms with Crippen molar-refractivity contribution >= 4 is 17.3 Å². The van der Waals surface area contributed by atoms with Crippen molar-refractivity contribution in [2.75, 3.05) is 11.9 Å². The Balaban J connectivity index is 2.19. The first kappa shape index (κ1) is 13.9. The number of hydrogen-bond donors (Lipinski definition) is 1. The molecule has 1 aromatic carbocycles. The molecule has 5 heteroatoms. The van der Waals surface area contributed by atoms with Crippen LogP contribution in [0.2, 0.25) is 0 Å². The molecule has 104 valence electrons. The number of nitrogens with zero attached hydrogens (tertiary/aromatic N) is 1. The van der Waals surface area contributed by atoms with Crippen LogP contribution < -0.4 is 10.9 Å². The number of carbonyl (C=O) groups excluding carboxylic acids is 1. The van der Waals surface area contributed by atoms with Gasteiger partial charge in [0.1, 0.15) is 12.2 Å². The van der Waals surface area contributed by atoms with E-state index in [4.69, 9.17) is 4.74 Å². The van der Waals surface area contributed by atoms with Gasteiger partial charge in [0, 0.05) is 11.9 Å². The lowest BCUT2D eigenvalue weighted by Gasteiger charge is -2.09. The van der Waals surface area contributed by atoms with E-state index in [1.165, 1.54) is 4.57 Å². The van der Waals surface area contributed by atoms with Gasteiger partial charge in [-0.1, -0.05) is 18.2 Å². The fraction of sp³-hybridized carbons (Fsp3) is 0.200. The normalized spacial score (nSPS) is 10.1. The van der Waals surface area contributed by atoms with Crippen LogP contribution in [0.15, 0.2) is 53.5 Å². The monoisotopic (exact) mass is 272 g/mol. The Morgan fingerprint density at radius 1 is 1.20 bits per heavy atom. The van der Waals surface area contributed by atoms with Crippen LogP contribution in [-0.4, -0.2) is 17.1 Å². The highest BCUT2D eigenvalue weighted by Gasteiger charge is 2.08. The van der Waals surface area contributed by atoms with Gasteiger partial charge in [-0.2, -0.15) is 0 Å². The minimum Gasteiger partial charge on any atom is -0.465 e. The minimum atomic E-state index is -0.425. The van der Waals surface area contributed by atoms with Crippen molar-refractivity contribution in [2.24, 2.45) is 0 Å². The Kier molecular flexibility index (Phi) is 4.55. The molecular weight excluding hydrogens is 256 g/mol. The zero-order valence-corrected chi connectivity index (χ0v) is 11.2. The number of carbonyl (C=O) groups is 1. The van der Waals surface area contributed by atoms with Crippen LogP contribution in [0.4, 0.5) is 11.4 Å².